The van der Waals surface area contributed by atoms with Crippen LogP contribution in [0.4, 0.5) is 0 Å². The van der Waals surface area contributed by atoms with E-state index in [-0.39, 0.29) is 6.61 Å². The number of aryl methyl sites for hydroxylation is 1. The van der Waals surface area contributed by atoms with Gasteiger partial charge in [-0.15, -0.1) is 0 Å². The summed E-state index contributed by atoms with van der Waals surface area (Å²) in [6, 6.07) is 18.5. The fourth-order valence-corrected chi connectivity index (χ4v) is 2.91. The molecule has 0 aromatic heterocycles. The van der Waals surface area contributed by atoms with Crippen molar-refractivity contribution in [3.63, 3.8) is 0 Å². The SMILES string of the molecule is Cc1cc(Cl)ccc1OCC(=O)NNC(=O)[C@@H](C)Oc1ccc2ccccc2c1. The number of rotatable bonds is 6. The highest BCUT2D eigenvalue weighted by Crippen LogP contribution is 2.22. The molecule has 3 aromatic carbocycles. The number of hydrazine groups is 1. The summed E-state index contributed by atoms with van der Waals surface area (Å²) in [7, 11) is 0. The average molecular weight is 413 g/mol. The maximum Gasteiger partial charge on any atom is 0.279 e. The molecule has 0 aliphatic carbocycles. The average Bonchev–Trinajstić information content (AvgIpc) is 2.71. The Morgan fingerprint density at radius 3 is 2.52 bits per heavy atom. The van der Waals surface area contributed by atoms with Gasteiger partial charge in [-0.25, -0.2) is 0 Å². The Labute approximate surface area is 173 Å². The first kappa shape index (κ1) is 20.5. The molecule has 6 nitrogen and oxygen atoms in total. The van der Waals surface area contributed by atoms with Crippen molar-refractivity contribution >= 4 is 34.2 Å². The third kappa shape index (κ3) is 5.62. The lowest BCUT2D eigenvalue weighted by Crippen LogP contribution is -2.48. The molecule has 3 rings (SSSR count). The first-order valence-electron chi connectivity index (χ1n) is 9.05. The number of hydrogen-bond acceptors (Lipinski definition) is 4. The van der Waals surface area contributed by atoms with Gasteiger partial charge in [-0.1, -0.05) is 41.9 Å². The zero-order valence-electron chi connectivity index (χ0n) is 16.1. The van der Waals surface area contributed by atoms with Crippen LogP contribution in [0.5, 0.6) is 11.5 Å². The lowest BCUT2D eigenvalue weighted by Gasteiger charge is -2.16. The smallest absolute Gasteiger partial charge is 0.279 e. The van der Waals surface area contributed by atoms with E-state index in [0.29, 0.717) is 16.5 Å². The molecule has 0 aliphatic heterocycles. The lowest BCUT2D eigenvalue weighted by atomic mass is 10.1. The topological polar surface area (TPSA) is 76.7 Å². The van der Waals surface area contributed by atoms with Crippen molar-refractivity contribution in [2.45, 2.75) is 20.0 Å². The van der Waals surface area contributed by atoms with Crippen LogP contribution in [-0.2, 0) is 9.59 Å². The third-order valence-corrected chi connectivity index (χ3v) is 4.46. The summed E-state index contributed by atoms with van der Waals surface area (Å²) in [4.78, 5) is 24.1. The van der Waals surface area contributed by atoms with E-state index < -0.39 is 17.9 Å². The molecule has 0 saturated heterocycles. The normalized spacial score (nSPS) is 11.6. The second-order valence-electron chi connectivity index (χ2n) is 6.50. The molecule has 0 unspecified atom stereocenters. The summed E-state index contributed by atoms with van der Waals surface area (Å²) < 4.78 is 11.1. The number of nitrogens with one attached hydrogen (secondary N) is 2. The molecule has 0 bridgehead atoms. The van der Waals surface area contributed by atoms with Crippen molar-refractivity contribution in [3.8, 4) is 11.5 Å². The van der Waals surface area contributed by atoms with Crippen LogP contribution in [0, 0.1) is 6.92 Å². The van der Waals surface area contributed by atoms with Gasteiger partial charge < -0.3 is 9.47 Å². The quantitative estimate of drug-likeness (QED) is 0.604. The molecule has 0 aliphatic rings. The number of halogens is 1. The van der Waals surface area contributed by atoms with Gasteiger partial charge in [0.1, 0.15) is 11.5 Å². The number of benzene rings is 3. The van der Waals surface area contributed by atoms with Gasteiger partial charge in [0.25, 0.3) is 11.8 Å². The Hall–Kier alpha value is -3.25. The largest absolute Gasteiger partial charge is 0.483 e. The molecule has 1 atom stereocenters. The minimum Gasteiger partial charge on any atom is -0.483 e. The third-order valence-electron chi connectivity index (χ3n) is 4.22. The summed E-state index contributed by atoms with van der Waals surface area (Å²) in [5.41, 5.74) is 5.46. The highest BCUT2D eigenvalue weighted by atomic mass is 35.5. The summed E-state index contributed by atoms with van der Waals surface area (Å²) in [5, 5.41) is 2.69. The number of fused-ring (bicyclic) bond motifs is 1. The van der Waals surface area contributed by atoms with E-state index in [2.05, 4.69) is 10.9 Å². The highest BCUT2D eigenvalue weighted by molar-refractivity contribution is 6.30. The zero-order chi connectivity index (χ0) is 20.8. The van der Waals surface area contributed by atoms with Crippen LogP contribution in [0.15, 0.2) is 60.7 Å². The number of carbonyl (C=O) groups is 2. The van der Waals surface area contributed by atoms with Gasteiger partial charge in [-0.2, -0.15) is 0 Å². The van der Waals surface area contributed by atoms with Gasteiger partial charge in [-0.3, -0.25) is 20.4 Å². The second-order valence-corrected chi connectivity index (χ2v) is 6.94. The molecular weight excluding hydrogens is 392 g/mol. The fourth-order valence-electron chi connectivity index (χ4n) is 2.69. The van der Waals surface area contributed by atoms with Crippen molar-refractivity contribution in [3.05, 3.63) is 71.2 Å². The van der Waals surface area contributed by atoms with Gasteiger partial charge in [0.15, 0.2) is 12.7 Å². The fraction of sp³-hybridized carbons (Fsp3) is 0.182. The molecule has 0 radical (unpaired) electrons. The van der Waals surface area contributed by atoms with Crippen LogP contribution in [0.25, 0.3) is 10.8 Å². The van der Waals surface area contributed by atoms with Crippen LogP contribution in [0.2, 0.25) is 5.02 Å². The number of amides is 2. The van der Waals surface area contributed by atoms with Crippen LogP contribution >= 0.6 is 11.6 Å². The molecule has 29 heavy (non-hydrogen) atoms. The molecule has 3 aromatic rings. The molecule has 0 saturated carbocycles. The number of ether oxygens (including phenoxy) is 2. The van der Waals surface area contributed by atoms with E-state index in [4.69, 9.17) is 21.1 Å². The Kier molecular flexibility index (Phi) is 6.57. The van der Waals surface area contributed by atoms with E-state index in [1.807, 2.05) is 43.3 Å². The monoisotopic (exact) mass is 412 g/mol. The predicted molar refractivity (Wildman–Crippen MR) is 112 cm³/mol. The van der Waals surface area contributed by atoms with Gasteiger partial charge in [-0.05, 0) is 60.5 Å². The van der Waals surface area contributed by atoms with Crippen molar-refractivity contribution < 1.29 is 19.1 Å². The van der Waals surface area contributed by atoms with Crippen LogP contribution < -0.4 is 20.3 Å². The van der Waals surface area contributed by atoms with Gasteiger partial charge in [0, 0.05) is 5.02 Å². The summed E-state index contributed by atoms with van der Waals surface area (Å²) >= 11 is 5.89. The Morgan fingerprint density at radius 1 is 1.00 bits per heavy atom. The number of carbonyl (C=O) groups excluding carboxylic acids is 2. The van der Waals surface area contributed by atoms with Gasteiger partial charge >= 0.3 is 0 Å². The summed E-state index contributed by atoms with van der Waals surface area (Å²) in [6.45, 7) is 3.18. The van der Waals surface area contributed by atoms with Crippen molar-refractivity contribution in [2.24, 2.45) is 0 Å². The zero-order valence-corrected chi connectivity index (χ0v) is 16.8. The minimum absolute atomic E-state index is 0.247. The lowest BCUT2D eigenvalue weighted by molar-refractivity contribution is -0.133. The first-order chi connectivity index (χ1) is 13.9. The highest BCUT2D eigenvalue weighted by Gasteiger charge is 2.16. The van der Waals surface area contributed by atoms with E-state index >= 15 is 0 Å². The Bertz CT molecular complexity index is 1040. The van der Waals surface area contributed by atoms with Crippen LogP contribution in [0.3, 0.4) is 0 Å². The van der Waals surface area contributed by atoms with Gasteiger partial charge in [0.05, 0.1) is 0 Å². The second kappa shape index (κ2) is 9.30. The summed E-state index contributed by atoms with van der Waals surface area (Å²) in [6.07, 6.45) is -0.795. The summed E-state index contributed by atoms with van der Waals surface area (Å²) in [5.74, 6) is 0.142. The molecule has 150 valence electrons. The van der Waals surface area contributed by atoms with Crippen molar-refractivity contribution in [1.82, 2.24) is 10.9 Å². The van der Waals surface area contributed by atoms with Crippen LogP contribution in [0.1, 0.15) is 12.5 Å². The van der Waals surface area contributed by atoms with Crippen molar-refractivity contribution in [1.29, 1.82) is 0 Å². The molecule has 2 N–H and O–H groups in total. The van der Waals surface area contributed by atoms with E-state index in [9.17, 15) is 9.59 Å². The van der Waals surface area contributed by atoms with Crippen molar-refractivity contribution in [2.75, 3.05) is 6.61 Å². The molecule has 0 heterocycles. The number of hydrogen-bond donors (Lipinski definition) is 2. The minimum atomic E-state index is -0.795. The maximum absolute atomic E-state index is 12.2. The Balaban J connectivity index is 1.46. The molecular formula is C22H21ClN2O4. The molecule has 2 amide bonds. The van der Waals surface area contributed by atoms with E-state index in [0.717, 1.165) is 16.3 Å². The van der Waals surface area contributed by atoms with Crippen LogP contribution in [-0.4, -0.2) is 24.5 Å². The van der Waals surface area contributed by atoms with Gasteiger partial charge in [0.2, 0.25) is 0 Å². The van der Waals surface area contributed by atoms with E-state index in [1.54, 1.807) is 31.2 Å². The maximum atomic E-state index is 12.2. The molecule has 0 spiro atoms. The standard InChI is InChI=1S/C22H21ClN2O4/c1-14-11-18(23)8-10-20(14)28-13-21(26)24-25-22(27)15(2)29-19-9-7-16-5-3-4-6-17(16)12-19/h3-12,15H,13H2,1-2H3,(H,24,26)(H,25,27)/t15-/m1/s1. The molecule has 0 fully saturated rings. The first-order valence-corrected chi connectivity index (χ1v) is 9.43. The predicted octanol–water partition coefficient (Wildman–Crippen LogP) is 3.80. The Morgan fingerprint density at radius 2 is 1.76 bits per heavy atom. The van der Waals surface area contributed by atoms with E-state index in [1.165, 1.54) is 0 Å². The molecule has 7 heteroatoms.